The summed E-state index contributed by atoms with van der Waals surface area (Å²) in [5.41, 5.74) is 0. The molecule has 0 aliphatic heterocycles. The molecule has 0 aromatic carbocycles. The summed E-state index contributed by atoms with van der Waals surface area (Å²) in [6.07, 6.45) is -0.0833. The first-order chi connectivity index (χ1) is 8.06. The highest BCUT2D eigenvalue weighted by Crippen LogP contribution is 1.76. The van der Waals surface area contributed by atoms with Crippen molar-refractivity contribution in [1.29, 1.82) is 0 Å². The zero-order valence-corrected chi connectivity index (χ0v) is 10.0. The van der Waals surface area contributed by atoms with Gasteiger partial charge < -0.3 is 29.9 Å². The molecule has 0 unspecified atom stereocenters. The molecule has 7 nitrogen and oxygen atoms in total. The normalized spacial score (nSPS) is 8.18. The zero-order chi connectivity index (χ0) is 13.9. The Kier molecular flexibility index (Phi) is 30.1. The van der Waals surface area contributed by atoms with E-state index in [1.807, 2.05) is 6.92 Å². The molecule has 0 radical (unpaired) electrons. The number of rotatable bonds is 7. The molecule has 0 aliphatic carbocycles. The summed E-state index contributed by atoms with van der Waals surface area (Å²) >= 11 is 0. The molecule has 104 valence electrons. The van der Waals surface area contributed by atoms with Gasteiger partial charge in [0.2, 0.25) is 0 Å². The Morgan fingerprint density at radius 2 is 1.29 bits per heavy atom. The van der Waals surface area contributed by atoms with Crippen LogP contribution in [0.5, 0.6) is 0 Å². The van der Waals surface area contributed by atoms with E-state index >= 15 is 0 Å². The van der Waals surface area contributed by atoms with Gasteiger partial charge >= 0.3 is 6.16 Å². The smallest absolute Gasteiger partial charge is 0.450 e. The number of carbonyl (C=O) groups is 1. The third kappa shape index (κ3) is 71.7. The van der Waals surface area contributed by atoms with Crippen LogP contribution < -0.4 is 0 Å². The van der Waals surface area contributed by atoms with Crippen LogP contribution in [0.25, 0.3) is 0 Å². The van der Waals surface area contributed by atoms with Gasteiger partial charge in [0.15, 0.2) is 0 Å². The molecule has 0 heterocycles. The van der Waals surface area contributed by atoms with E-state index < -0.39 is 6.16 Å². The van der Waals surface area contributed by atoms with E-state index in [4.69, 9.17) is 34.7 Å². The fourth-order valence-corrected chi connectivity index (χ4v) is 0.451. The molecule has 0 bridgehead atoms. The first kappa shape index (κ1) is 21.2. The lowest BCUT2D eigenvalue weighted by molar-refractivity contribution is 0.0222. The van der Waals surface area contributed by atoms with Crippen molar-refractivity contribution in [2.24, 2.45) is 0 Å². The zero-order valence-electron chi connectivity index (χ0n) is 10.0. The monoisotopic (exact) mass is 254 g/mol. The van der Waals surface area contributed by atoms with Gasteiger partial charge in [-0.2, -0.15) is 0 Å². The fraction of sp³-hybridized carbons (Fsp3) is 0.700. The van der Waals surface area contributed by atoms with E-state index in [0.29, 0.717) is 26.4 Å². The lowest BCUT2D eigenvalue weighted by atomic mass is 10.7. The fourth-order valence-electron chi connectivity index (χ4n) is 0.451. The number of carboxylic acid groups (broad SMARTS) is 2. The lowest BCUT2D eigenvalue weighted by Crippen LogP contribution is -2.09. The molecule has 4 N–H and O–H groups in total. The summed E-state index contributed by atoms with van der Waals surface area (Å²) < 4.78 is 9.75. The highest BCUT2D eigenvalue weighted by atomic mass is 16.6. The van der Waals surface area contributed by atoms with E-state index in [0.717, 1.165) is 0 Å². The second-order valence-electron chi connectivity index (χ2n) is 2.36. The van der Waals surface area contributed by atoms with E-state index in [1.165, 1.54) is 0 Å². The predicted octanol–water partition coefficient (Wildman–Crippen LogP) is 0.419. The summed E-state index contributed by atoms with van der Waals surface area (Å²) in [6, 6.07) is 0. The van der Waals surface area contributed by atoms with Gasteiger partial charge in [-0.05, 0) is 6.92 Å². The second kappa shape index (κ2) is 24.2. The Hall–Kier alpha value is -1.15. The number of hydrogen-bond donors (Lipinski definition) is 4. The van der Waals surface area contributed by atoms with Crippen molar-refractivity contribution in [1.82, 2.24) is 0 Å². The molecule has 0 fully saturated rings. The number of ether oxygens (including phenoxy) is 2. The topological polar surface area (TPSA) is 116 Å². The van der Waals surface area contributed by atoms with Gasteiger partial charge in [-0.3, -0.25) is 0 Å². The number of hydrogen-bond acceptors (Lipinski definition) is 5. The minimum absolute atomic E-state index is 0.0417. The van der Waals surface area contributed by atoms with Crippen molar-refractivity contribution in [2.75, 3.05) is 39.6 Å². The van der Waals surface area contributed by atoms with Crippen molar-refractivity contribution in [3.8, 4) is 0 Å². The van der Waals surface area contributed by atoms with E-state index in [-0.39, 0.29) is 13.2 Å². The van der Waals surface area contributed by atoms with Gasteiger partial charge in [0.25, 0.3) is 0 Å². The van der Waals surface area contributed by atoms with Gasteiger partial charge in [-0.15, -0.1) is 6.58 Å². The summed E-state index contributed by atoms with van der Waals surface area (Å²) in [5.74, 6) is 0. The Balaban J connectivity index is -0.000000232. The van der Waals surface area contributed by atoms with Gasteiger partial charge in [0, 0.05) is 0 Å². The standard InChI is InChI=1S/C6H14O4.C3H6.CH2O3/c7-1-3-9-5-6-10-4-2-8;1-3-2;2-1(3)4/h7-8H,1-6H2;3H,1H2,2H3;(H2,2,3,4). The molecule has 7 heteroatoms. The maximum atomic E-state index is 8.56. The SMILES string of the molecule is C=CC.O=C(O)O.OCCOCCOCCO. The molecule has 0 aromatic heterocycles. The Morgan fingerprint density at radius 1 is 1.06 bits per heavy atom. The average molecular weight is 254 g/mol. The van der Waals surface area contributed by atoms with Gasteiger partial charge in [-0.1, -0.05) is 6.08 Å². The van der Waals surface area contributed by atoms with Crippen molar-refractivity contribution in [2.45, 2.75) is 6.92 Å². The largest absolute Gasteiger partial charge is 0.503 e. The van der Waals surface area contributed by atoms with Gasteiger partial charge in [-0.25, -0.2) is 4.79 Å². The predicted molar refractivity (Wildman–Crippen MR) is 62.3 cm³/mol. The maximum Gasteiger partial charge on any atom is 0.503 e. The minimum atomic E-state index is -1.83. The number of aliphatic hydroxyl groups excluding tert-OH is 2. The molecular weight excluding hydrogens is 232 g/mol. The highest BCUT2D eigenvalue weighted by Gasteiger charge is 1.86. The van der Waals surface area contributed by atoms with Crippen molar-refractivity contribution < 1.29 is 34.7 Å². The molecule has 0 saturated carbocycles. The Labute approximate surface area is 101 Å². The van der Waals surface area contributed by atoms with Crippen molar-refractivity contribution in [3.05, 3.63) is 12.7 Å². The van der Waals surface area contributed by atoms with Crippen molar-refractivity contribution in [3.63, 3.8) is 0 Å². The second-order valence-corrected chi connectivity index (χ2v) is 2.36. The van der Waals surface area contributed by atoms with Crippen LogP contribution in [-0.4, -0.2) is 66.2 Å². The maximum absolute atomic E-state index is 8.56. The first-order valence-corrected chi connectivity index (χ1v) is 4.92. The molecule has 0 atom stereocenters. The molecule has 0 spiro atoms. The summed E-state index contributed by atoms with van der Waals surface area (Å²) in [7, 11) is 0. The van der Waals surface area contributed by atoms with Crippen LogP contribution >= 0.6 is 0 Å². The quantitative estimate of drug-likeness (QED) is 0.384. The van der Waals surface area contributed by atoms with Gasteiger partial charge in [0.05, 0.1) is 39.6 Å². The summed E-state index contributed by atoms with van der Waals surface area (Å²) in [5, 5.41) is 30.5. The van der Waals surface area contributed by atoms with Crippen LogP contribution in [0.15, 0.2) is 12.7 Å². The number of allylic oxidation sites excluding steroid dienone is 1. The van der Waals surface area contributed by atoms with Crippen LogP contribution in [-0.2, 0) is 9.47 Å². The van der Waals surface area contributed by atoms with Gasteiger partial charge in [0.1, 0.15) is 0 Å². The molecule has 0 amide bonds. The third-order valence-corrected chi connectivity index (χ3v) is 0.843. The minimum Gasteiger partial charge on any atom is -0.450 e. The molecule has 0 aliphatic rings. The van der Waals surface area contributed by atoms with Crippen LogP contribution in [0.1, 0.15) is 6.92 Å². The Bertz CT molecular complexity index is 138. The summed E-state index contributed by atoms with van der Waals surface area (Å²) in [6.45, 7) is 6.98. The first-order valence-electron chi connectivity index (χ1n) is 4.92. The highest BCUT2D eigenvalue weighted by molar-refractivity contribution is 5.53. The van der Waals surface area contributed by atoms with Crippen LogP contribution in [0, 0.1) is 0 Å². The number of aliphatic hydroxyl groups is 2. The van der Waals surface area contributed by atoms with Crippen LogP contribution in [0.4, 0.5) is 4.79 Å². The average Bonchev–Trinajstić information content (AvgIpc) is 2.24. The summed E-state index contributed by atoms with van der Waals surface area (Å²) in [4.78, 5) is 8.56. The van der Waals surface area contributed by atoms with Crippen LogP contribution in [0.3, 0.4) is 0 Å². The lowest BCUT2D eigenvalue weighted by Gasteiger charge is -2.01. The molecule has 0 rings (SSSR count). The van der Waals surface area contributed by atoms with E-state index in [1.54, 1.807) is 6.08 Å². The third-order valence-electron chi connectivity index (χ3n) is 0.843. The van der Waals surface area contributed by atoms with Crippen molar-refractivity contribution >= 4 is 6.16 Å². The molecule has 0 aromatic rings. The molecular formula is C10H22O7. The molecule has 0 saturated heterocycles. The molecule has 17 heavy (non-hydrogen) atoms. The Morgan fingerprint density at radius 3 is 1.47 bits per heavy atom. The van der Waals surface area contributed by atoms with E-state index in [2.05, 4.69) is 6.58 Å². The van der Waals surface area contributed by atoms with Crippen LogP contribution in [0.2, 0.25) is 0 Å². The van der Waals surface area contributed by atoms with E-state index in [9.17, 15) is 0 Å².